The summed E-state index contributed by atoms with van der Waals surface area (Å²) in [6.07, 6.45) is -4.54. The van der Waals surface area contributed by atoms with Gasteiger partial charge in [-0.25, -0.2) is 0 Å². The SMILES string of the molecule is CCN(C(=O)Cn1c(=O)c2ccccc2n2c(=S)sc(-c3cccc(C(F)(F)F)c3)c12)c1ccccc1. The van der Waals surface area contributed by atoms with E-state index in [1.165, 1.54) is 10.6 Å². The number of amides is 1. The molecule has 3 aromatic carbocycles. The largest absolute Gasteiger partial charge is 0.416 e. The van der Waals surface area contributed by atoms with Crippen LogP contribution in [0, 0.1) is 3.95 Å². The van der Waals surface area contributed by atoms with Crippen LogP contribution in [-0.2, 0) is 17.5 Å². The highest BCUT2D eigenvalue weighted by molar-refractivity contribution is 7.73. The maximum atomic E-state index is 13.7. The first-order valence-corrected chi connectivity index (χ1v) is 12.6. The van der Waals surface area contributed by atoms with Gasteiger partial charge in [-0.2, -0.15) is 13.2 Å². The molecule has 188 valence electrons. The standard InChI is InChI=1S/C27H20F3N3O2S2/c1-2-31(19-11-4-3-5-12-19)22(34)16-32-24-23(17-9-8-10-18(15-17)27(28,29)30)37-26(36)33(24)21-14-7-6-13-20(21)25(32)35/h3-15H,2,16H2,1H3. The number of aromatic nitrogens is 2. The molecule has 5 aromatic rings. The second-order valence-corrected chi connectivity index (χ2v) is 9.96. The summed E-state index contributed by atoms with van der Waals surface area (Å²) in [6, 6.07) is 20.8. The third-order valence-corrected chi connectivity index (χ3v) is 7.51. The Morgan fingerprint density at radius 3 is 2.41 bits per heavy atom. The molecule has 0 aliphatic carbocycles. The molecule has 0 spiro atoms. The molecule has 0 saturated carbocycles. The Hall–Kier alpha value is -3.76. The molecule has 5 nitrogen and oxygen atoms in total. The average Bonchev–Trinajstić information content (AvgIpc) is 3.24. The zero-order valence-electron chi connectivity index (χ0n) is 19.5. The molecule has 0 N–H and O–H groups in total. The van der Waals surface area contributed by atoms with Crippen LogP contribution < -0.4 is 10.5 Å². The van der Waals surface area contributed by atoms with Crippen LogP contribution in [0.5, 0.6) is 0 Å². The number of carbonyl (C=O) groups is 1. The molecule has 10 heteroatoms. The van der Waals surface area contributed by atoms with Gasteiger partial charge in [0.15, 0.2) is 3.95 Å². The molecule has 0 atom stereocenters. The maximum Gasteiger partial charge on any atom is 0.416 e. The van der Waals surface area contributed by atoms with Gasteiger partial charge in [-0.05, 0) is 61.1 Å². The number of hydrogen-bond donors (Lipinski definition) is 0. The van der Waals surface area contributed by atoms with Crippen molar-refractivity contribution in [2.24, 2.45) is 0 Å². The molecule has 0 aliphatic rings. The molecule has 0 radical (unpaired) electrons. The molecule has 0 bridgehead atoms. The van der Waals surface area contributed by atoms with Crippen molar-refractivity contribution in [3.05, 3.63) is 98.7 Å². The minimum atomic E-state index is -4.54. The minimum Gasteiger partial charge on any atom is -0.311 e. The van der Waals surface area contributed by atoms with E-state index >= 15 is 0 Å². The fourth-order valence-corrected chi connectivity index (χ4v) is 5.84. The molecular weight excluding hydrogens is 519 g/mol. The molecular formula is C27H20F3N3O2S2. The van der Waals surface area contributed by atoms with Crippen molar-refractivity contribution in [3.8, 4) is 10.4 Å². The van der Waals surface area contributed by atoms with E-state index in [9.17, 15) is 22.8 Å². The van der Waals surface area contributed by atoms with E-state index in [0.717, 1.165) is 23.5 Å². The normalized spacial score (nSPS) is 11.8. The predicted molar refractivity (Wildman–Crippen MR) is 143 cm³/mol. The van der Waals surface area contributed by atoms with E-state index in [1.54, 1.807) is 51.8 Å². The summed E-state index contributed by atoms with van der Waals surface area (Å²) in [5, 5.41) is 0.357. The number of fused-ring (bicyclic) bond motifs is 3. The highest BCUT2D eigenvalue weighted by atomic mass is 32.1. The molecule has 0 aliphatic heterocycles. The molecule has 2 aromatic heterocycles. The quantitative estimate of drug-likeness (QED) is 0.231. The second kappa shape index (κ2) is 9.60. The van der Waals surface area contributed by atoms with E-state index < -0.39 is 17.3 Å². The molecule has 5 rings (SSSR count). The summed E-state index contributed by atoms with van der Waals surface area (Å²) < 4.78 is 43.8. The Balaban J connectivity index is 1.77. The lowest BCUT2D eigenvalue weighted by Gasteiger charge is -2.22. The van der Waals surface area contributed by atoms with Crippen LogP contribution >= 0.6 is 23.6 Å². The first kappa shape index (κ1) is 24.9. The molecule has 37 heavy (non-hydrogen) atoms. The number of benzene rings is 3. The van der Waals surface area contributed by atoms with Crippen molar-refractivity contribution in [1.82, 2.24) is 8.97 Å². The van der Waals surface area contributed by atoms with E-state index in [-0.39, 0.29) is 23.7 Å². The number of anilines is 1. The lowest BCUT2D eigenvalue weighted by atomic mass is 10.1. The van der Waals surface area contributed by atoms with Gasteiger partial charge in [-0.1, -0.05) is 42.5 Å². The van der Waals surface area contributed by atoms with Crippen molar-refractivity contribution in [3.63, 3.8) is 0 Å². The van der Waals surface area contributed by atoms with E-state index in [4.69, 9.17) is 12.2 Å². The molecule has 0 unspecified atom stereocenters. The molecule has 0 fully saturated rings. The van der Waals surface area contributed by atoms with Crippen LogP contribution in [0.2, 0.25) is 0 Å². The first-order chi connectivity index (χ1) is 17.7. The summed E-state index contributed by atoms with van der Waals surface area (Å²) >= 11 is 6.73. The third kappa shape index (κ3) is 4.47. The van der Waals surface area contributed by atoms with Crippen LogP contribution in [-0.4, -0.2) is 21.4 Å². The van der Waals surface area contributed by atoms with Gasteiger partial charge in [0.2, 0.25) is 5.91 Å². The summed E-state index contributed by atoms with van der Waals surface area (Å²) in [6.45, 7) is 1.89. The predicted octanol–water partition coefficient (Wildman–Crippen LogP) is 6.78. The number of hydrogen-bond acceptors (Lipinski definition) is 4. The Morgan fingerprint density at radius 1 is 1.00 bits per heavy atom. The third-order valence-electron chi connectivity index (χ3n) is 6.09. The number of thiazole rings is 1. The smallest absolute Gasteiger partial charge is 0.311 e. The second-order valence-electron chi connectivity index (χ2n) is 8.32. The lowest BCUT2D eigenvalue weighted by Crippen LogP contribution is -2.37. The highest BCUT2D eigenvalue weighted by Crippen LogP contribution is 2.37. The van der Waals surface area contributed by atoms with Crippen molar-refractivity contribution < 1.29 is 18.0 Å². The molecule has 1 amide bonds. The topological polar surface area (TPSA) is 46.7 Å². The van der Waals surface area contributed by atoms with Gasteiger partial charge in [-0.15, -0.1) is 11.3 Å². The van der Waals surface area contributed by atoms with Gasteiger partial charge in [-0.3, -0.25) is 18.6 Å². The molecule has 0 saturated heterocycles. The van der Waals surface area contributed by atoms with E-state index in [2.05, 4.69) is 0 Å². The Bertz CT molecular complexity index is 1750. The van der Waals surface area contributed by atoms with Crippen molar-refractivity contribution >= 4 is 51.7 Å². The van der Waals surface area contributed by atoms with Gasteiger partial charge in [0.25, 0.3) is 5.56 Å². The summed E-state index contributed by atoms with van der Waals surface area (Å²) in [5.74, 6) is -0.333. The van der Waals surface area contributed by atoms with Gasteiger partial charge in [0.05, 0.1) is 21.3 Å². The zero-order chi connectivity index (χ0) is 26.3. The van der Waals surface area contributed by atoms with Crippen molar-refractivity contribution in [2.45, 2.75) is 19.6 Å². The lowest BCUT2D eigenvalue weighted by molar-refractivity contribution is -0.137. The van der Waals surface area contributed by atoms with Gasteiger partial charge in [0, 0.05) is 12.2 Å². The summed E-state index contributed by atoms with van der Waals surface area (Å²) in [5.41, 5.74) is 0.528. The fourth-order valence-electron chi connectivity index (χ4n) is 4.42. The number of alkyl halides is 3. The first-order valence-electron chi connectivity index (χ1n) is 11.4. The maximum absolute atomic E-state index is 13.7. The highest BCUT2D eigenvalue weighted by Gasteiger charge is 2.31. The van der Waals surface area contributed by atoms with E-state index in [0.29, 0.717) is 32.0 Å². The monoisotopic (exact) mass is 539 g/mol. The zero-order valence-corrected chi connectivity index (χ0v) is 21.2. The van der Waals surface area contributed by atoms with Crippen molar-refractivity contribution in [2.75, 3.05) is 11.4 Å². The number of halogens is 3. The number of nitrogens with zero attached hydrogens (tertiary/aromatic N) is 3. The van der Waals surface area contributed by atoms with Crippen molar-refractivity contribution in [1.29, 1.82) is 0 Å². The van der Waals surface area contributed by atoms with Gasteiger partial charge < -0.3 is 4.90 Å². The summed E-state index contributed by atoms with van der Waals surface area (Å²) in [7, 11) is 0. The van der Waals surface area contributed by atoms with Crippen LogP contribution in [0.1, 0.15) is 12.5 Å². The Labute approximate surface area is 218 Å². The van der Waals surface area contributed by atoms with Crippen LogP contribution in [0.4, 0.5) is 18.9 Å². The fraction of sp³-hybridized carbons (Fsp3) is 0.148. The Morgan fingerprint density at radius 2 is 1.70 bits per heavy atom. The number of carbonyl (C=O) groups excluding carboxylic acids is 1. The molecule has 2 heterocycles. The van der Waals surface area contributed by atoms with Gasteiger partial charge >= 0.3 is 6.18 Å². The number of rotatable bonds is 5. The Kier molecular flexibility index (Phi) is 6.47. The van der Waals surface area contributed by atoms with E-state index in [1.807, 2.05) is 25.1 Å². The average molecular weight is 540 g/mol. The van der Waals surface area contributed by atoms with Crippen LogP contribution in [0.25, 0.3) is 27.0 Å². The number of para-hydroxylation sites is 2. The number of likely N-dealkylation sites (N-methyl/N-ethyl adjacent to an activating group) is 1. The summed E-state index contributed by atoms with van der Waals surface area (Å²) in [4.78, 5) is 29.2. The van der Waals surface area contributed by atoms with Crippen LogP contribution in [0.15, 0.2) is 83.7 Å². The minimum absolute atomic E-state index is 0.264. The van der Waals surface area contributed by atoms with Crippen LogP contribution in [0.3, 0.4) is 0 Å². The van der Waals surface area contributed by atoms with Gasteiger partial charge in [0.1, 0.15) is 12.2 Å².